The van der Waals surface area contributed by atoms with Gasteiger partial charge in [0, 0.05) is 11.1 Å². The van der Waals surface area contributed by atoms with Crippen LogP contribution in [0.15, 0.2) is 61.2 Å². The fraction of sp³-hybridized carbons (Fsp3) is 0.250. The van der Waals surface area contributed by atoms with Crippen LogP contribution >= 0.6 is 0 Å². The lowest BCUT2D eigenvalue weighted by molar-refractivity contribution is 0.312. The molecule has 0 saturated carbocycles. The van der Waals surface area contributed by atoms with Crippen molar-refractivity contribution in [3.05, 3.63) is 61.2 Å². The molecule has 0 saturated heterocycles. The maximum absolute atomic E-state index is 6.06. The van der Waals surface area contributed by atoms with Gasteiger partial charge in [-0.05, 0) is 66.1 Å². The second-order valence-electron chi connectivity index (χ2n) is 6.41. The molecule has 0 aliphatic rings. The van der Waals surface area contributed by atoms with E-state index in [2.05, 4.69) is 12.6 Å². The molecule has 3 aromatic rings. The Bertz CT molecular complexity index is 962. The Balaban J connectivity index is 2.09. The molecule has 0 aliphatic carbocycles. The Kier molecular flexibility index (Phi) is 6.43. The van der Waals surface area contributed by atoms with Crippen molar-refractivity contribution in [2.24, 2.45) is 0 Å². The van der Waals surface area contributed by atoms with Gasteiger partial charge < -0.3 is 18.9 Å². The van der Waals surface area contributed by atoms with Crippen LogP contribution in [0.3, 0.4) is 0 Å². The highest BCUT2D eigenvalue weighted by atomic mass is 16.5. The van der Waals surface area contributed by atoms with Gasteiger partial charge in [0.2, 0.25) is 0 Å². The van der Waals surface area contributed by atoms with Crippen LogP contribution in [0.1, 0.15) is 12.8 Å². The Morgan fingerprint density at radius 1 is 0.750 bits per heavy atom. The number of rotatable bonds is 9. The number of ether oxygens (including phenoxy) is 4. The van der Waals surface area contributed by atoms with Gasteiger partial charge in [-0.15, -0.1) is 6.58 Å². The Morgan fingerprint density at radius 3 is 2.18 bits per heavy atom. The summed E-state index contributed by atoms with van der Waals surface area (Å²) in [6.07, 6.45) is 3.75. The third kappa shape index (κ3) is 4.22. The molecule has 0 aliphatic heterocycles. The first-order valence-electron chi connectivity index (χ1n) is 9.28. The first-order chi connectivity index (χ1) is 13.7. The van der Waals surface area contributed by atoms with Crippen molar-refractivity contribution in [2.45, 2.75) is 12.8 Å². The molecule has 146 valence electrons. The normalized spacial score (nSPS) is 10.5. The van der Waals surface area contributed by atoms with E-state index in [1.54, 1.807) is 21.3 Å². The van der Waals surface area contributed by atoms with Crippen molar-refractivity contribution in [1.29, 1.82) is 0 Å². The zero-order valence-corrected chi connectivity index (χ0v) is 16.7. The predicted molar refractivity (Wildman–Crippen MR) is 114 cm³/mol. The number of hydrogen-bond donors (Lipinski definition) is 0. The monoisotopic (exact) mass is 378 g/mol. The summed E-state index contributed by atoms with van der Waals surface area (Å²) in [5.41, 5.74) is 1.89. The molecule has 0 aromatic heterocycles. The van der Waals surface area contributed by atoms with Gasteiger partial charge in [-0.1, -0.05) is 12.1 Å². The van der Waals surface area contributed by atoms with E-state index in [1.807, 2.05) is 48.5 Å². The molecule has 0 atom stereocenters. The fourth-order valence-corrected chi connectivity index (χ4v) is 3.14. The first kappa shape index (κ1) is 19.6. The Hall–Kier alpha value is -3.14. The second-order valence-corrected chi connectivity index (χ2v) is 6.41. The molecule has 0 bridgehead atoms. The minimum absolute atomic E-state index is 0.623. The molecule has 0 radical (unpaired) electrons. The van der Waals surface area contributed by atoms with Gasteiger partial charge in [-0.3, -0.25) is 0 Å². The third-order valence-corrected chi connectivity index (χ3v) is 4.65. The highest BCUT2D eigenvalue weighted by Gasteiger charge is 2.15. The molecule has 4 nitrogen and oxygen atoms in total. The molecule has 0 spiro atoms. The predicted octanol–water partition coefficient (Wildman–Crippen LogP) is 5.88. The summed E-state index contributed by atoms with van der Waals surface area (Å²) >= 11 is 0. The summed E-state index contributed by atoms with van der Waals surface area (Å²) in [7, 11) is 5.00. The minimum Gasteiger partial charge on any atom is -0.497 e. The topological polar surface area (TPSA) is 36.9 Å². The van der Waals surface area contributed by atoms with Crippen LogP contribution in [0.2, 0.25) is 0 Å². The number of hydrogen-bond acceptors (Lipinski definition) is 4. The van der Waals surface area contributed by atoms with Crippen molar-refractivity contribution in [2.75, 3.05) is 27.9 Å². The number of methoxy groups -OCH3 is 3. The summed E-state index contributed by atoms with van der Waals surface area (Å²) in [6.45, 7) is 4.38. The highest BCUT2D eigenvalue weighted by Crippen LogP contribution is 2.41. The van der Waals surface area contributed by atoms with Crippen LogP contribution in [0, 0.1) is 0 Å². The average Bonchev–Trinajstić information content (AvgIpc) is 2.75. The van der Waals surface area contributed by atoms with E-state index < -0.39 is 0 Å². The van der Waals surface area contributed by atoms with Gasteiger partial charge >= 0.3 is 0 Å². The van der Waals surface area contributed by atoms with Crippen molar-refractivity contribution >= 4 is 10.8 Å². The molecule has 3 aromatic carbocycles. The minimum atomic E-state index is 0.623. The van der Waals surface area contributed by atoms with Gasteiger partial charge in [0.15, 0.2) is 0 Å². The van der Waals surface area contributed by atoms with E-state index in [0.29, 0.717) is 6.61 Å². The van der Waals surface area contributed by atoms with Crippen LogP contribution < -0.4 is 18.9 Å². The van der Waals surface area contributed by atoms with Gasteiger partial charge in [-0.25, -0.2) is 0 Å². The maximum atomic E-state index is 6.06. The molecular formula is C24H26O4. The first-order valence-corrected chi connectivity index (χ1v) is 9.28. The van der Waals surface area contributed by atoms with E-state index in [4.69, 9.17) is 18.9 Å². The standard InChI is InChI=1S/C24H26O4/c1-5-6-7-12-28-23-11-10-20(26-3)16-22(23)21-14-17-8-9-19(25-2)13-18(17)15-24(21)27-4/h5,8-11,13-16H,1,6-7,12H2,2-4H3. The fourth-order valence-electron chi connectivity index (χ4n) is 3.14. The van der Waals surface area contributed by atoms with E-state index in [1.165, 1.54) is 0 Å². The zero-order chi connectivity index (χ0) is 19.9. The summed E-state index contributed by atoms with van der Waals surface area (Å²) in [4.78, 5) is 0. The van der Waals surface area contributed by atoms with Crippen LogP contribution in [-0.4, -0.2) is 27.9 Å². The van der Waals surface area contributed by atoms with E-state index >= 15 is 0 Å². The molecular weight excluding hydrogens is 352 g/mol. The van der Waals surface area contributed by atoms with Crippen LogP contribution in [-0.2, 0) is 0 Å². The third-order valence-electron chi connectivity index (χ3n) is 4.65. The lowest BCUT2D eigenvalue weighted by atomic mass is 9.98. The van der Waals surface area contributed by atoms with E-state index in [-0.39, 0.29) is 0 Å². The van der Waals surface area contributed by atoms with Crippen molar-refractivity contribution in [3.8, 4) is 34.1 Å². The molecule has 0 amide bonds. The number of fused-ring (bicyclic) bond motifs is 1. The molecule has 3 rings (SSSR count). The van der Waals surface area contributed by atoms with E-state index in [9.17, 15) is 0 Å². The smallest absolute Gasteiger partial charge is 0.127 e. The summed E-state index contributed by atoms with van der Waals surface area (Å²) in [6, 6.07) is 16.0. The molecule has 4 heteroatoms. The van der Waals surface area contributed by atoms with Crippen molar-refractivity contribution in [3.63, 3.8) is 0 Å². The van der Waals surface area contributed by atoms with Crippen LogP contribution in [0.4, 0.5) is 0 Å². The van der Waals surface area contributed by atoms with Crippen LogP contribution in [0.5, 0.6) is 23.0 Å². The summed E-state index contributed by atoms with van der Waals surface area (Å²) < 4.78 is 22.5. The average molecular weight is 378 g/mol. The highest BCUT2D eigenvalue weighted by molar-refractivity contribution is 5.92. The van der Waals surface area contributed by atoms with Gasteiger partial charge in [-0.2, -0.15) is 0 Å². The molecule has 0 fully saturated rings. The Morgan fingerprint density at radius 2 is 1.46 bits per heavy atom. The summed E-state index contributed by atoms with van der Waals surface area (Å²) in [5, 5.41) is 2.15. The lowest BCUT2D eigenvalue weighted by Gasteiger charge is -2.16. The van der Waals surface area contributed by atoms with Gasteiger partial charge in [0.1, 0.15) is 23.0 Å². The quantitative estimate of drug-likeness (QED) is 0.344. The summed E-state index contributed by atoms with van der Waals surface area (Å²) in [5.74, 6) is 3.15. The van der Waals surface area contributed by atoms with E-state index in [0.717, 1.165) is 57.7 Å². The molecule has 0 N–H and O–H groups in total. The molecule has 0 heterocycles. The number of unbranched alkanes of at least 4 members (excludes halogenated alkanes) is 1. The van der Waals surface area contributed by atoms with Gasteiger partial charge in [0.05, 0.1) is 27.9 Å². The lowest BCUT2D eigenvalue weighted by Crippen LogP contribution is -1.99. The van der Waals surface area contributed by atoms with Gasteiger partial charge in [0.25, 0.3) is 0 Å². The van der Waals surface area contributed by atoms with Crippen LogP contribution in [0.25, 0.3) is 21.9 Å². The number of allylic oxidation sites excluding steroid dienone is 1. The number of benzene rings is 3. The molecule has 0 unspecified atom stereocenters. The SMILES string of the molecule is C=CCCCOc1ccc(OC)cc1-c1cc2ccc(OC)cc2cc1OC. The Labute approximate surface area is 166 Å². The second kappa shape index (κ2) is 9.18. The molecule has 28 heavy (non-hydrogen) atoms. The maximum Gasteiger partial charge on any atom is 0.127 e. The largest absolute Gasteiger partial charge is 0.497 e. The van der Waals surface area contributed by atoms with Crippen molar-refractivity contribution in [1.82, 2.24) is 0 Å². The van der Waals surface area contributed by atoms with Crippen molar-refractivity contribution < 1.29 is 18.9 Å². The zero-order valence-electron chi connectivity index (χ0n) is 16.7.